The number of carbonyl (C=O) groups excluding carboxylic acids is 2. The first-order valence-electron chi connectivity index (χ1n) is 8.13. The number of likely N-dealkylation sites (tertiary alicyclic amines) is 1. The number of carbonyl (C=O) groups is 2. The molecule has 0 bridgehead atoms. The van der Waals surface area contributed by atoms with Gasteiger partial charge in [0.1, 0.15) is 0 Å². The molecule has 8 nitrogen and oxygen atoms in total. The van der Waals surface area contributed by atoms with E-state index in [9.17, 15) is 9.59 Å². The van der Waals surface area contributed by atoms with Gasteiger partial charge in [0.15, 0.2) is 11.5 Å². The van der Waals surface area contributed by atoms with E-state index in [0.717, 1.165) is 13.0 Å². The van der Waals surface area contributed by atoms with Crippen LogP contribution in [0.15, 0.2) is 24.3 Å². The van der Waals surface area contributed by atoms with E-state index in [2.05, 4.69) is 26.0 Å². The summed E-state index contributed by atoms with van der Waals surface area (Å²) in [4.78, 5) is 25.6. The molecule has 0 atom stereocenters. The fraction of sp³-hybridized carbons (Fsp3) is 0.375. The molecule has 1 aromatic heterocycles. The SMILES string of the molecule is O=C(NCCCN1CCCC1=O)c1n[nH]nc1Nc1cccc(Cl)c1. The van der Waals surface area contributed by atoms with Crippen LogP contribution in [-0.4, -0.2) is 51.8 Å². The molecular formula is C16H19ClN6O2. The maximum Gasteiger partial charge on any atom is 0.275 e. The predicted molar refractivity (Wildman–Crippen MR) is 93.9 cm³/mol. The second-order valence-electron chi connectivity index (χ2n) is 5.75. The van der Waals surface area contributed by atoms with Crippen molar-refractivity contribution in [1.29, 1.82) is 0 Å². The van der Waals surface area contributed by atoms with Crippen LogP contribution >= 0.6 is 11.6 Å². The first-order valence-corrected chi connectivity index (χ1v) is 8.50. The topological polar surface area (TPSA) is 103 Å². The summed E-state index contributed by atoms with van der Waals surface area (Å²) in [5.74, 6) is 0.191. The minimum absolute atomic E-state index is 0.178. The zero-order valence-corrected chi connectivity index (χ0v) is 14.3. The van der Waals surface area contributed by atoms with Gasteiger partial charge in [0.05, 0.1) is 0 Å². The minimum Gasteiger partial charge on any atom is -0.350 e. The normalized spacial score (nSPS) is 14.0. The molecule has 25 heavy (non-hydrogen) atoms. The van der Waals surface area contributed by atoms with Crippen molar-refractivity contribution in [2.45, 2.75) is 19.3 Å². The summed E-state index contributed by atoms with van der Waals surface area (Å²) in [5.41, 5.74) is 0.889. The van der Waals surface area contributed by atoms with Gasteiger partial charge in [-0.2, -0.15) is 5.21 Å². The standard InChI is InChI=1S/C16H19ClN6O2/c17-11-4-1-5-12(10-11)19-15-14(20-22-21-15)16(25)18-7-3-9-23-8-2-6-13(23)24/h1,4-5,10H,2-3,6-9H2,(H,18,25)(H2,19,20,21,22). The van der Waals surface area contributed by atoms with Gasteiger partial charge in [0.2, 0.25) is 5.91 Å². The van der Waals surface area contributed by atoms with Crippen LogP contribution in [0.4, 0.5) is 11.5 Å². The first kappa shape index (κ1) is 17.2. The zero-order valence-electron chi connectivity index (χ0n) is 13.6. The average Bonchev–Trinajstić information content (AvgIpc) is 3.21. The number of halogens is 1. The van der Waals surface area contributed by atoms with Crippen LogP contribution in [0.5, 0.6) is 0 Å². The van der Waals surface area contributed by atoms with Crippen molar-refractivity contribution in [2.75, 3.05) is 25.0 Å². The van der Waals surface area contributed by atoms with Crippen LogP contribution in [0.25, 0.3) is 0 Å². The fourth-order valence-electron chi connectivity index (χ4n) is 2.68. The maximum absolute atomic E-state index is 12.3. The summed E-state index contributed by atoms with van der Waals surface area (Å²) in [5, 5.41) is 16.7. The quantitative estimate of drug-likeness (QED) is 0.653. The van der Waals surface area contributed by atoms with Crippen molar-refractivity contribution >= 4 is 34.9 Å². The highest BCUT2D eigenvalue weighted by Gasteiger charge is 2.20. The molecule has 3 N–H and O–H groups in total. The van der Waals surface area contributed by atoms with Crippen molar-refractivity contribution in [1.82, 2.24) is 25.6 Å². The Labute approximate surface area is 149 Å². The molecule has 1 fully saturated rings. The van der Waals surface area contributed by atoms with E-state index in [-0.39, 0.29) is 17.5 Å². The molecular weight excluding hydrogens is 344 g/mol. The Morgan fingerprint density at radius 3 is 3.00 bits per heavy atom. The second kappa shape index (κ2) is 7.98. The summed E-state index contributed by atoms with van der Waals surface area (Å²) in [6, 6.07) is 7.10. The molecule has 2 amide bonds. The van der Waals surface area contributed by atoms with E-state index in [4.69, 9.17) is 11.6 Å². The molecule has 0 saturated carbocycles. The highest BCUT2D eigenvalue weighted by Crippen LogP contribution is 2.20. The number of hydrogen-bond acceptors (Lipinski definition) is 5. The lowest BCUT2D eigenvalue weighted by atomic mass is 10.3. The Bertz CT molecular complexity index is 763. The predicted octanol–water partition coefficient (Wildman–Crippen LogP) is 1.94. The van der Waals surface area contributed by atoms with Gasteiger partial charge in [-0.15, -0.1) is 10.2 Å². The van der Waals surface area contributed by atoms with Crippen LogP contribution in [0.2, 0.25) is 5.02 Å². The van der Waals surface area contributed by atoms with Gasteiger partial charge in [-0.05, 0) is 31.0 Å². The smallest absolute Gasteiger partial charge is 0.275 e. The van der Waals surface area contributed by atoms with Crippen LogP contribution in [0, 0.1) is 0 Å². The number of nitrogens with zero attached hydrogens (tertiary/aromatic N) is 3. The summed E-state index contributed by atoms with van der Waals surface area (Å²) < 4.78 is 0. The van der Waals surface area contributed by atoms with E-state index in [1.54, 1.807) is 18.2 Å². The molecule has 1 saturated heterocycles. The molecule has 1 aliphatic rings. The largest absolute Gasteiger partial charge is 0.350 e. The molecule has 3 rings (SSSR count). The van der Waals surface area contributed by atoms with E-state index < -0.39 is 0 Å². The molecule has 132 valence electrons. The van der Waals surface area contributed by atoms with Gasteiger partial charge in [-0.25, -0.2) is 0 Å². The highest BCUT2D eigenvalue weighted by molar-refractivity contribution is 6.30. The molecule has 1 aromatic carbocycles. The summed E-state index contributed by atoms with van der Waals surface area (Å²) >= 11 is 5.94. The molecule has 2 aromatic rings. The number of H-pyrrole nitrogens is 1. The van der Waals surface area contributed by atoms with Crippen molar-refractivity contribution < 1.29 is 9.59 Å². The molecule has 0 unspecified atom stereocenters. The Hall–Kier alpha value is -2.61. The number of aromatic amines is 1. The lowest BCUT2D eigenvalue weighted by molar-refractivity contribution is -0.127. The Morgan fingerprint density at radius 1 is 1.36 bits per heavy atom. The van der Waals surface area contributed by atoms with Crippen LogP contribution in [-0.2, 0) is 4.79 Å². The maximum atomic E-state index is 12.3. The van der Waals surface area contributed by atoms with Gasteiger partial charge in [0.25, 0.3) is 5.91 Å². The first-order chi connectivity index (χ1) is 12.1. The molecule has 0 radical (unpaired) electrons. The third-order valence-corrected chi connectivity index (χ3v) is 4.15. The minimum atomic E-state index is -0.328. The summed E-state index contributed by atoms with van der Waals surface area (Å²) in [6.45, 7) is 1.93. The van der Waals surface area contributed by atoms with Crippen molar-refractivity contribution in [3.05, 3.63) is 35.0 Å². The number of aromatic nitrogens is 3. The summed E-state index contributed by atoms with van der Waals surface area (Å²) in [7, 11) is 0. The lowest BCUT2D eigenvalue weighted by Crippen LogP contribution is -2.31. The van der Waals surface area contributed by atoms with Crippen LogP contribution < -0.4 is 10.6 Å². The van der Waals surface area contributed by atoms with Crippen molar-refractivity contribution in [2.24, 2.45) is 0 Å². The Morgan fingerprint density at radius 2 is 2.24 bits per heavy atom. The molecule has 1 aliphatic heterocycles. The van der Waals surface area contributed by atoms with Gasteiger partial charge in [-0.1, -0.05) is 17.7 Å². The number of rotatable bonds is 7. The molecule has 0 spiro atoms. The third-order valence-electron chi connectivity index (χ3n) is 3.91. The van der Waals surface area contributed by atoms with Crippen molar-refractivity contribution in [3.63, 3.8) is 0 Å². The zero-order chi connectivity index (χ0) is 17.6. The van der Waals surface area contributed by atoms with E-state index in [1.807, 2.05) is 11.0 Å². The molecule has 9 heteroatoms. The molecule has 0 aliphatic carbocycles. The van der Waals surface area contributed by atoms with Crippen LogP contribution in [0.1, 0.15) is 29.8 Å². The molecule has 2 heterocycles. The number of benzene rings is 1. The van der Waals surface area contributed by atoms with E-state index in [1.165, 1.54) is 0 Å². The lowest BCUT2D eigenvalue weighted by Gasteiger charge is -2.15. The fourth-order valence-corrected chi connectivity index (χ4v) is 2.87. The number of anilines is 2. The Kier molecular flexibility index (Phi) is 5.49. The van der Waals surface area contributed by atoms with Crippen molar-refractivity contribution in [3.8, 4) is 0 Å². The summed E-state index contributed by atoms with van der Waals surface area (Å²) in [6.07, 6.45) is 2.25. The Balaban J connectivity index is 1.51. The monoisotopic (exact) mass is 362 g/mol. The van der Waals surface area contributed by atoms with Crippen LogP contribution in [0.3, 0.4) is 0 Å². The number of nitrogens with one attached hydrogen (secondary N) is 3. The van der Waals surface area contributed by atoms with Gasteiger partial charge >= 0.3 is 0 Å². The number of amides is 2. The highest BCUT2D eigenvalue weighted by atomic mass is 35.5. The average molecular weight is 363 g/mol. The third kappa shape index (κ3) is 4.48. The number of hydrogen-bond donors (Lipinski definition) is 3. The second-order valence-corrected chi connectivity index (χ2v) is 6.19. The van der Waals surface area contributed by atoms with Gasteiger partial charge in [0, 0.05) is 36.8 Å². The van der Waals surface area contributed by atoms with Gasteiger partial charge < -0.3 is 15.5 Å². The van der Waals surface area contributed by atoms with Gasteiger partial charge in [-0.3, -0.25) is 9.59 Å². The van der Waals surface area contributed by atoms with E-state index in [0.29, 0.717) is 42.5 Å². The van der Waals surface area contributed by atoms with E-state index >= 15 is 0 Å².